The van der Waals surface area contributed by atoms with E-state index in [1.165, 1.54) is 0 Å². The molecule has 1 saturated heterocycles. The zero-order valence-electron chi connectivity index (χ0n) is 18.8. The van der Waals surface area contributed by atoms with Crippen molar-refractivity contribution in [3.05, 3.63) is 61.3 Å². The van der Waals surface area contributed by atoms with Gasteiger partial charge in [0.15, 0.2) is 10.8 Å². The molecule has 1 aliphatic carbocycles. The van der Waals surface area contributed by atoms with Crippen molar-refractivity contribution in [2.24, 2.45) is 12.5 Å². The third-order valence-electron chi connectivity index (χ3n) is 7.07. The van der Waals surface area contributed by atoms with Crippen LogP contribution in [0.15, 0.2) is 40.2 Å². The molecule has 0 bridgehead atoms. The molecule has 2 aromatic heterocycles. The molecule has 5 rings (SSSR count). The number of anilines is 1. The Balaban J connectivity index is 1.16. The minimum Gasteiger partial charge on any atom is -0.489 e. The lowest BCUT2D eigenvalue weighted by atomic mass is 9.60. The van der Waals surface area contributed by atoms with Crippen LogP contribution in [0.5, 0.6) is 5.75 Å². The number of hydrogen-bond acceptors (Lipinski definition) is 6. The predicted octanol–water partition coefficient (Wildman–Crippen LogP) is 3.11. The Labute approximate surface area is 205 Å². The molecule has 3 heterocycles. The number of likely N-dealkylation sites (tertiary alicyclic amines) is 1. The first-order valence-electron chi connectivity index (χ1n) is 11.0. The fourth-order valence-electron chi connectivity index (χ4n) is 5.22. The molecule has 2 aliphatic rings. The van der Waals surface area contributed by atoms with E-state index in [2.05, 4.69) is 21.9 Å². The summed E-state index contributed by atoms with van der Waals surface area (Å²) in [6, 6.07) is 6.13. The molecule has 8 nitrogen and oxygen atoms in total. The Morgan fingerprint density at radius 3 is 2.68 bits per heavy atom. The molecular formula is C23H24Cl2FN5O3. The molecule has 0 N–H and O–H groups in total. The van der Waals surface area contributed by atoms with Gasteiger partial charge in [-0.25, -0.2) is 0 Å². The minimum absolute atomic E-state index is 0.0890. The average Bonchev–Trinajstić information content (AvgIpc) is 2.76. The molecule has 180 valence electrons. The normalized spacial score (nSPS) is 17.6. The Bertz CT molecular complexity index is 1380. The zero-order chi connectivity index (χ0) is 24.2. The fourth-order valence-corrected chi connectivity index (χ4v) is 5.64. The van der Waals surface area contributed by atoms with Gasteiger partial charge in [0.1, 0.15) is 6.61 Å². The lowest BCUT2D eigenvalue weighted by Crippen LogP contribution is -2.66. The number of halogens is 3. The Morgan fingerprint density at radius 2 is 1.94 bits per heavy atom. The van der Waals surface area contributed by atoms with E-state index in [9.17, 15) is 14.1 Å². The van der Waals surface area contributed by atoms with Crippen LogP contribution < -0.4 is 20.8 Å². The molecule has 0 unspecified atom stereocenters. The van der Waals surface area contributed by atoms with Crippen molar-refractivity contribution in [3.8, 4) is 5.75 Å². The Morgan fingerprint density at radius 1 is 1.21 bits per heavy atom. The van der Waals surface area contributed by atoms with Crippen LogP contribution in [0.2, 0.25) is 10.0 Å². The SMILES string of the molecule is CN(c1ccc(Cl)c2c(=O)n(C)ccc12)C1CC2(C1)CN(CCOc1cnn(F)c(=O)c1Cl)C2. The van der Waals surface area contributed by atoms with Crippen LogP contribution in [0, 0.1) is 5.41 Å². The number of aromatic nitrogens is 3. The van der Waals surface area contributed by atoms with Gasteiger partial charge in [0.2, 0.25) is 0 Å². The van der Waals surface area contributed by atoms with Crippen LogP contribution in [0.3, 0.4) is 0 Å². The third kappa shape index (κ3) is 3.85. The molecule has 1 spiro atoms. The Hall–Kier alpha value is -2.62. The van der Waals surface area contributed by atoms with Crippen molar-refractivity contribution in [3.63, 3.8) is 0 Å². The second-order valence-corrected chi connectivity index (χ2v) is 10.1. The second kappa shape index (κ2) is 8.55. The van der Waals surface area contributed by atoms with E-state index in [0.717, 1.165) is 43.2 Å². The molecular weight excluding hydrogens is 484 g/mol. The summed E-state index contributed by atoms with van der Waals surface area (Å²) in [5.41, 5.74) is 0.191. The van der Waals surface area contributed by atoms with Gasteiger partial charge in [0.05, 0.1) is 16.6 Å². The molecule has 0 amide bonds. The highest BCUT2D eigenvalue weighted by molar-refractivity contribution is 6.36. The number of aryl methyl sites for hydroxylation is 1. The maximum Gasteiger partial charge on any atom is 0.319 e. The maximum atomic E-state index is 13.1. The quantitative estimate of drug-likeness (QED) is 0.510. The van der Waals surface area contributed by atoms with Gasteiger partial charge in [-0.1, -0.05) is 32.6 Å². The molecule has 1 aliphatic heterocycles. The number of nitrogens with zero attached hydrogens (tertiary/aromatic N) is 5. The molecule has 2 fully saturated rings. The van der Waals surface area contributed by atoms with Gasteiger partial charge in [0, 0.05) is 57.0 Å². The first kappa shape index (κ1) is 23.1. The number of rotatable bonds is 6. The summed E-state index contributed by atoms with van der Waals surface area (Å²) in [4.78, 5) is 28.3. The summed E-state index contributed by atoms with van der Waals surface area (Å²) in [6.45, 7) is 2.96. The van der Waals surface area contributed by atoms with Crippen LogP contribution in [-0.4, -0.2) is 58.8 Å². The van der Waals surface area contributed by atoms with Gasteiger partial charge >= 0.3 is 5.56 Å². The maximum absolute atomic E-state index is 13.1. The van der Waals surface area contributed by atoms with Crippen LogP contribution in [0.25, 0.3) is 10.8 Å². The molecule has 11 heteroatoms. The molecule has 1 aromatic carbocycles. The highest BCUT2D eigenvalue weighted by atomic mass is 35.5. The number of fused-ring (bicyclic) bond motifs is 1. The predicted molar refractivity (Wildman–Crippen MR) is 130 cm³/mol. The number of benzene rings is 1. The van der Waals surface area contributed by atoms with E-state index in [4.69, 9.17) is 27.9 Å². The van der Waals surface area contributed by atoms with Gasteiger partial charge in [-0.2, -0.15) is 0 Å². The van der Waals surface area contributed by atoms with Crippen LogP contribution in [-0.2, 0) is 7.05 Å². The van der Waals surface area contributed by atoms with Crippen molar-refractivity contribution in [1.82, 2.24) is 19.5 Å². The molecule has 0 radical (unpaired) electrons. The lowest BCUT2D eigenvalue weighted by Gasteiger charge is -2.61. The first-order chi connectivity index (χ1) is 16.2. The number of ether oxygens (including phenoxy) is 1. The first-order valence-corrected chi connectivity index (χ1v) is 11.7. The van der Waals surface area contributed by atoms with E-state index in [-0.39, 0.29) is 21.2 Å². The van der Waals surface area contributed by atoms with Crippen LogP contribution in [0.1, 0.15) is 12.8 Å². The van der Waals surface area contributed by atoms with Crippen molar-refractivity contribution in [1.29, 1.82) is 0 Å². The number of hydrogen-bond donors (Lipinski definition) is 0. The standard InChI is InChI=1S/C23H24Cl2FN5O3/c1-28-6-5-15-17(4-3-16(24)19(15)21(28)32)29(2)14-9-23(10-14)12-30(13-23)7-8-34-18-11-27-31(26)22(33)20(18)25/h3-6,11,14H,7-10,12-13H2,1-2H3. The topological polar surface area (TPSA) is 72.6 Å². The summed E-state index contributed by atoms with van der Waals surface area (Å²) in [5, 5.41) is 4.87. The van der Waals surface area contributed by atoms with Gasteiger partial charge in [-0.3, -0.25) is 14.5 Å². The van der Waals surface area contributed by atoms with Crippen molar-refractivity contribution in [2.45, 2.75) is 18.9 Å². The van der Waals surface area contributed by atoms with E-state index in [0.29, 0.717) is 35.0 Å². The van der Waals surface area contributed by atoms with E-state index in [1.807, 2.05) is 12.1 Å². The molecule has 0 atom stereocenters. The largest absolute Gasteiger partial charge is 0.489 e. The van der Waals surface area contributed by atoms with Gasteiger partial charge in [-0.05, 0) is 36.5 Å². The van der Waals surface area contributed by atoms with Gasteiger partial charge < -0.3 is 14.2 Å². The lowest BCUT2D eigenvalue weighted by molar-refractivity contribution is -0.0749. The van der Waals surface area contributed by atoms with Crippen LogP contribution in [0.4, 0.5) is 10.2 Å². The smallest absolute Gasteiger partial charge is 0.319 e. The fraction of sp³-hybridized carbons (Fsp3) is 0.435. The monoisotopic (exact) mass is 507 g/mol. The van der Waals surface area contributed by atoms with Crippen molar-refractivity contribution < 1.29 is 9.22 Å². The average molecular weight is 508 g/mol. The summed E-state index contributed by atoms with van der Waals surface area (Å²) in [5.74, 6) is 0.0890. The molecule has 1 saturated carbocycles. The van der Waals surface area contributed by atoms with E-state index in [1.54, 1.807) is 23.9 Å². The van der Waals surface area contributed by atoms with E-state index < -0.39 is 5.56 Å². The molecule has 34 heavy (non-hydrogen) atoms. The zero-order valence-corrected chi connectivity index (χ0v) is 20.3. The summed E-state index contributed by atoms with van der Waals surface area (Å²) in [7, 11) is 3.80. The summed E-state index contributed by atoms with van der Waals surface area (Å²) >= 11 is 12.2. The summed E-state index contributed by atoms with van der Waals surface area (Å²) in [6.07, 6.45) is 5.02. The highest BCUT2D eigenvalue weighted by Crippen LogP contribution is 2.51. The summed E-state index contributed by atoms with van der Waals surface area (Å²) < 4.78 is 20.1. The highest BCUT2D eigenvalue weighted by Gasteiger charge is 2.53. The van der Waals surface area contributed by atoms with Crippen LogP contribution >= 0.6 is 23.2 Å². The van der Waals surface area contributed by atoms with E-state index >= 15 is 0 Å². The minimum atomic E-state index is -1.03. The molecule has 3 aromatic rings. The number of pyridine rings is 1. The second-order valence-electron chi connectivity index (χ2n) is 9.31. The Kier molecular flexibility index (Phi) is 5.82. The van der Waals surface area contributed by atoms with Crippen molar-refractivity contribution >= 4 is 39.7 Å². The van der Waals surface area contributed by atoms with Gasteiger partial charge in [-0.15, -0.1) is 5.10 Å². The van der Waals surface area contributed by atoms with Crippen molar-refractivity contribution in [2.75, 3.05) is 38.2 Å². The third-order valence-corrected chi connectivity index (χ3v) is 7.73. The van der Waals surface area contributed by atoms with Gasteiger partial charge in [0.25, 0.3) is 5.56 Å².